The normalized spacial score (nSPS) is 10.2. The Balaban J connectivity index is 2.11. The minimum absolute atomic E-state index is 0.0895. The average molecular weight is 292 g/mol. The van der Waals surface area contributed by atoms with Crippen molar-refractivity contribution in [1.82, 2.24) is 4.57 Å². The molecular formula is C13H12N2O4S. The Morgan fingerprint density at radius 1 is 1.40 bits per heavy atom. The monoisotopic (exact) mass is 292 g/mol. The zero-order valence-corrected chi connectivity index (χ0v) is 11.4. The van der Waals surface area contributed by atoms with Crippen molar-refractivity contribution in [3.05, 3.63) is 50.6 Å². The van der Waals surface area contributed by atoms with Crippen molar-refractivity contribution in [2.75, 3.05) is 5.32 Å². The molecule has 2 N–H and O–H groups in total. The van der Waals surface area contributed by atoms with Crippen molar-refractivity contribution in [3.8, 4) is 0 Å². The number of carboxylic acid groups (broad SMARTS) is 1. The largest absolute Gasteiger partial charge is 0.478 e. The molecular weight excluding hydrogens is 280 g/mol. The summed E-state index contributed by atoms with van der Waals surface area (Å²) in [6, 6.07) is 5.93. The number of hydrogen-bond acceptors (Lipinski definition) is 4. The van der Waals surface area contributed by atoms with Crippen LogP contribution in [0.5, 0.6) is 0 Å². The van der Waals surface area contributed by atoms with Gasteiger partial charge in [-0.05, 0) is 25.1 Å². The molecule has 0 aliphatic carbocycles. The third-order valence-corrected chi connectivity index (χ3v) is 3.55. The number of carbonyl (C=O) groups is 2. The average Bonchev–Trinajstić information content (AvgIpc) is 2.71. The fourth-order valence-corrected chi connectivity index (χ4v) is 2.40. The Morgan fingerprint density at radius 3 is 2.75 bits per heavy atom. The summed E-state index contributed by atoms with van der Waals surface area (Å²) in [5, 5.41) is 13.1. The van der Waals surface area contributed by atoms with Gasteiger partial charge in [-0.1, -0.05) is 17.4 Å². The Hall–Kier alpha value is -2.41. The summed E-state index contributed by atoms with van der Waals surface area (Å²) >= 11 is 1.04. The predicted octanol–water partition coefficient (Wildman–Crippen LogP) is 1.56. The summed E-state index contributed by atoms with van der Waals surface area (Å²) in [4.78, 5) is 34.0. The van der Waals surface area contributed by atoms with E-state index >= 15 is 0 Å². The smallest absolute Gasteiger partial charge is 0.335 e. The minimum atomic E-state index is -1.06. The second-order valence-corrected chi connectivity index (χ2v) is 4.98. The van der Waals surface area contributed by atoms with Gasteiger partial charge in [0, 0.05) is 16.8 Å². The third kappa shape index (κ3) is 3.12. The fraction of sp³-hybridized carbons (Fsp3) is 0.154. The molecule has 104 valence electrons. The number of aromatic carboxylic acids is 1. The summed E-state index contributed by atoms with van der Waals surface area (Å²) in [6.07, 6.45) is 0. The number of carbonyl (C=O) groups excluding carboxylic acids is 1. The van der Waals surface area contributed by atoms with Gasteiger partial charge in [0.2, 0.25) is 5.91 Å². The first-order chi connectivity index (χ1) is 9.47. The fourth-order valence-electron chi connectivity index (χ4n) is 1.67. The highest BCUT2D eigenvalue weighted by Crippen LogP contribution is 2.11. The summed E-state index contributed by atoms with van der Waals surface area (Å²) in [6.45, 7) is 1.65. The van der Waals surface area contributed by atoms with Gasteiger partial charge in [0.15, 0.2) is 0 Å². The van der Waals surface area contributed by atoms with E-state index in [0.717, 1.165) is 17.0 Å². The van der Waals surface area contributed by atoms with Gasteiger partial charge in [0.1, 0.15) is 6.54 Å². The molecule has 20 heavy (non-hydrogen) atoms. The van der Waals surface area contributed by atoms with Crippen molar-refractivity contribution < 1.29 is 14.7 Å². The van der Waals surface area contributed by atoms with E-state index < -0.39 is 5.97 Å². The molecule has 2 aromatic rings. The van der Waals surface area contributed by atoms with E-state index in [9.17, 15) is 14.4 Å². The highest BCUT2D eigenvalue weighted by Gasteiger charge is 2.10. The standard InChI is InChI=1S/C13H12N2O4S/c1-8-7-20-13(19)15(8)6-11(16)14-10-4-2-3-9(5-10)12(17)18/h2-5,7H,6H2,1H3,(H,14,16)(H,17,18). The van der Waals surface area contributed by atoms with Crippen LogP contribution in [-0.2, 0) is 11.3 Å². The zero-order valence-electron chi connectivity index (χ0n) is 10.6. The van der Waals surface area contributed by atoms with E-state index in [1.165, 1.54) is 16.7 Å². The van der Waals surface area contributed by atoms with Crippen LogP contribution >= 0.6 is 11.3 Å². The molecule has 0 fully saturated rings. The van der Waals surface area contributed by atoms with Crippen LogP contribution in [0.1, 0.15) is 16.1 Å². The molecule has 7 heteroatoms. The molecule has 6 nitrogen and oxygen atoms in total. The maximum atomic E-state index is 11.9. The number of hydrogen-bond donors (Lipinski definition) is 2. The van der Waals surface area contributed by atoms with Crippen LogP contribution in [0.4, 0.5) is 5.69 Å². The minimum Gasteiger partial charge on any atom is -0.478 e. The van der Waals surface area contributed by atoms with Gasteiger partial charge in [0.05, 0.1) is 5.56 Å². The van der Waals surface area contributed by atoms with E-state index in [1.54, 1.807) is 24.4 Å². The Kier molecular flexibility index (Phi) is 3.99. The quantitative estimate of drug-likeness (QED) is 0.895. The Labute approximate surface area is 118 Å². The first-order valence-corrected chi connectivity index (χ1v) is 6.63. The number of nitrogens with zero attached hydrogens (tertiary/aromatic N) is 1. The lowest BCUT2D eigenvalue weighted by Gasteiger charge is -2.07. The number of aromatic nitrogens is 1. The number of aryl methyl sites for hydroxylation is 1. The molecule has 1 amide bonds. The molecule has 0 atom stereocenters. The van der Waals surface area contributed by atoms with Crippen molar-refractivity contribution in [3.63, 3.8) is 0 Å². The molecule has 2 rings (SSSR count). The molecule has 0 saturated heterocycles. The summed E-state index contributed by atoms with van der Waals surface area (Å²) < 4.78 is 1.36. The van der Waals surface area contributed by atoms with Crippen LogP contribution in [0.2, 0.25) is 0 Å². The number of nitrogens with one attached hydrogen (secondary N) is 1. The van der Waals surface area contributed by atoms with Crippen LogP contribution in [0.3, 0.4) is 0 Å². The SMILES string of the molecule is Cc1csc(=O)n1CC(=O)Nc1cccc(C(=O)O)c1. The first kappa shape index (κ1) is 14.0. The molecule has 0 unspecified atom stereocenters. The number of carboxylic acids is 1. The topological polar surface area (TPSA) is 88.4 Å². The van der Waals surface area contributed by atoms with E-state index in [4.69, 9.17) is 5.11 Å². The summed E-state index contributed by atoms with van der Waals surface area (Å²) in [7, 11) is 0. The highest BCUT2D eigenvalue weighted by atomic mass is 32.1. The van der Waals surface area contributed by atoms with Gasteiger partial charge in [-0.2, -0.15) is 0 Å². The molecule has 0 radical (unpaired) electrons. The van der Waals surface area contributed by atoms with Crippen LogP contribution in [0.15, 0.2) is 34.4 Å². The Bertz CT molecular complexity index is 717. The number of rotatable bonds is 4. The van der Waals surface area contributed by atoms with E-state index in [2.05, 4.69) is 5.32 Å². The number of thiazole rings is 1. The van der Waals surface area contributed by atoms with Crippen molar-refractivity contribution in [1.29, 1.82) is 0 Å². The maximum Gasteiger partial charge on any atom is 0.335 e. The predicted molar refractivity (Wildman–Crippen MR) is 75.3 cm³/mol. The molecule has 0 aliphatic rings. The molecule has 0 spiro atoms. The van der Waals surface area contributed by atoms with E-state index in [1.807, 2.05) is 0 Å². The zero-order chi connectivity index (χ0) is 14.7. The van der Waals surface area contributed by atoms with Crippen LogP contribution in [-0.4, -0.2) is 21.6 Å². The molecule has 0 saturated carbocycles. The van der Waals surface area contributed by atoms with Crippen LogP contribution < -0.4 is 10.2 Å². The van der Waals surface area contributed by atoms with Gasteiger partial charge >= 0.3 is 10.8 Å². The lowest BCUT2D eigenvalue weighted by Crippen LogP contribution is -2.25. The van der Waals surface area contributed by atoms with Crippen molar-refractivity contribution >= 4 is 28.9 Å². The second-order valence-electron chi connectivity index (χ2n) is 4.16. The van der Waals surface area contributed by atoms with Gasteiger partial charge in [-0.25, -0.2) is 4.79 Å². The number of amides is 1. The van der Waals surface area contributed by atoms with Crippen molar-refractivity contribution in [2.24, 2.45) is 0 Å². The number of benzene rings is 1. The molecule has 1 heterocycles. The second kappa shape index (κ2) is 5.70. The van der Waals surface area contributed by atoms with Crippen molar-refractivity contribution in [2.45, 2.75) is 13.5 Å². The number of anilines is 1. The summed E-state index contributed by atoms with van der Waals surface area (Å²) in [5.74, 6) is -1.44. The first-order valence-electron chi connectivity index (χ1n) is 5.75. The lowest BCUT2D eigenvalue weighted by molar-refractivity contribution is -0.116. The van der Waals surface area contributed by atoms with Gasteiger partial charge in [-0.3, -0.25) is 14.2 Å². The molecule has 1 aromatic heterocycles. The summed E-state index contributed by atoms with van der Waals surface area (Å²) in [5.41, 5.74) is 1.19. The maximum absolute atomic E-state index is 11.9. The van der Waals surface area contributed by atoms with E-state index in [-0.39, 0.29) is 22.9 Å². The van der Waals surface area contributed by atoms with Gasteiger partial charge < -0.3 is 10.4 Å². The van der Waals surface area contributed by atoms with Gasteiger partial charge in [-0.15, -0.1) is 0 Å². The van der Waals surface area contributed by atoms with Crippen LogP contribution in [0.25, 0.3) is 0 Å². The highest BCUT2D eigenvalue weighted by molar-refractivity contribution is 7.07. The van der Waals surface area contributed by atoms with Gasteiger partial charge in [0.25, 0.3) is 0 Å². The molecule has 1 aromatic carbocycles. The molecule has 0 aliphatic heterocycles. The molecule has 0 bridgehead atoms. The van der Waals surface area contributed by atoms with E-state index in [0.29, 0.717) is 5.69 Å². The third-order valence-electron chi connectivity index (χ3n) is 2.67. The van der Waals surface area contributed by atoms with Crippen LogP contribution in [0, 0.1) is 6.92 Å². The lowest BCUT2D eigenvalue weighted by atomic mass is 10.2. The Morgan fingerprint density at radius 2 is 2.15 bits per heavy atom.